The summed E-state index contributed by atoms with van der Waals surface area (Å²) in [7, 11) is 2.92. The van der Waals surface area contributed by atoms with Gasteiger partial charge in [-0.15, -0.1) is 0 Å². The highest BCUT2D eigenvalue weighted by Crippen LogP contribution is 2.30. The number of amides is 1. The van der Waals surface area contributed by atoms with Crippen molar-refractivity contribution >= 4 is 51.0 Å². The standard InChI is InChI=1S/C19H19N3O4S2/c1-10-8-15(22-16-12(10)6-5-7-13(16)25-3)27-9-14(23)21-19-20-11(2)17(28-19)18(24)26-4/h5-8H,9H2,1-4H3,(H,20,21,23). The zero-order valence-corrected chi connectivity index (χ0v) is 17.5. The minimum atomic E-state index is -0.463. The number of esters is 1. The molecule has 0 aliphatic rings. The number of methoxy groups -OCH3 is 2. The largest absolute Gasteiger partial charge is 0.494 e. The van der Waals surface area contributed by atoms with E-state index in [9.17, 15) is 9.59 Å². The van der Waals surface area contributed by atoms with E-state index in [0.29, 0.717) is 21.5 Å². The molecular weight excluding hydrogens is 398 g/mol. The van der Waals surface area contributed by atoms with E-state index >= 15 is 0 Å². The Bertz CT molecular complexity index is 1050. The van der Waals surface area contributed by atoms with E-state index in [-0.39, 0.29) is 11.7 Å². The van der Waals surface area contributed by atoms with Gasteiger partial charge in [0.05, 0.1) is 30.7 Å². The van der Waals surface area contributed by atoms with Crippen LogP contribution < -0.4 is 10.1 Å². The maximum Gasteiger partial charge on any atom is 0.350 e. The molecule has 1 aromatic carbocycles. The third-order valence-corrected chi connectivity index (χ3v) is 5.93. The zero-order valence-electron chi connectivity index (χ0n) is 15.9. The number of anilines is 1. The molecule has 0 fully saturated rings. The van der Waals surface area contributed by atoms with Crippen molar-refractivity contribution < 1.29 is 19.1 Å². The number of para-hydroxylation sites is 1. The highest BCUT2D eigenvalue weighted by molar-refractivity contribution is 7.99. The van der Waals surface area contributed by atoms with Crippen molar-refractivity contribution in [1.82, 2.24) is 9.97 Å². The van der Waals surface area contributed by atoms with Crippen molar-refractivity contribution in [2.45, 2.75) is 18.9 Å². The summed E-state index contributed by atoms with van der Waals surface area (Å²) in [6.45, 7) is 3.70. The number of hydrogen-bond donors (Lipinski definition) is 1. The number of carbonyl (C=O) groups excluding carboxylic acids is 2. The van der Waals surface area contributed by atoms with Crippen LogP contribution in [0.25, 0.3) is 10.9 Å². The van der Waals surface area contributed by atoms with Crippen LogP contribution in [0, 0.1) is 13.8 Å². The van der Waals surface area contributed by atoms with E-state index in [1.807, 2.05) is 31.2 Å². The summed E-state index contributed by atoms with van der Waals surface area (Å²) in [6, 6.07) is 7.72. The lowest BCUT2D eigenvalue weighted by Gasteiger charge is -2.09. The van der Waals surface area contributed by atoms with E-state index in [0.717, 1.165) is 32.8 Å². The number of aryl methyl sites for hydroxylation is 2. The first kappa shape index (κ1) is 20.1. The predicted octanol–water partition coefficient (Wildman–Crippen LogP) is 3.83. The Hall–Kier alpha value is -2.65. The van der Waals surface area contributed by atoms with E-state index in [1.54, 1.807) is 14.0 Å². The van der Waals surface area contributed by atoms with Crippen LogP contribution in [0.1, 0.15) is 20.9 Å². The van der Waals surface area contributed by atoms with E-state index in [4.69, 9.17) is 9.47 Å². The Balaban J connectivity index is 1.70. The van der Waals surface area contributed by atoms with Gasteiger partial charge in [-0.05, 0) is 31.5 Å². The number of nitrogens with one attached hydrogen (secondary N) is 1. The molecule has 3 rings (SSSR count). The number of pyridine rings is 1. The summed E-state index contributed by atoms with van der Waals surface area (Å²) in [5, 5.41) is 4.83. The second-order valence-electron chi connectivity index (χ2n) is 5.90. The molecular formula is C19H19N3O4S2. The molecule has 28 heavy (non-hydrogen) atoms. The average Bonchev–Trinajstić information content (AvgIpc) is 3.05. The van der Waals surface area contributed by atoms with Gasteiger partial charge >= 0.3 is 5.97 Å². The number of nitrogens with zero attached hydrogens (tertiary/aromatic N) is 2. The van der Waals surface area contributed by atoms with Crippen molar-refractivity contribution in [2.75, 3.05) is 25.3 Å². The van der Waals surface area contributed by atoms with Crippen LogP contribution in [0.15, 0.2) is 29.3 Å². The lowest BCUT2D eigenvalue weighted by Crippen LogP contribution is -2.14. The monoisotopic (exact) mass is 417 g/mol. The maximum absolute atomic E-state index is 12.3. The van der Waals surface area contributed by atoms with Crippen LogP contribution in [-0.2, 0) is 9.53 Å². The molecule has 7 nitrogen and oxygen atoms in total. The number of benzene rings is 1. The number of ether oxygens (including phenoxy) is 2. The van der Waals surface area contributed by atoms with Crippen LogP contribution in [-0.4, -0.2) is 41.8 Å². The van der Waals surface area contributed by atoms with Gasteiger partial charge in [-0.1, -0.05) is 35.2 Å². The van der Waals surface area contributed by atoms with Gasteiger partial charge in [-0.2, -0.15) is 0 Å². The highest BCUT2D eigenvalue weighted by atomic mass is 32.2. The van der Waals surface area contributed by atoms with Crippen LogP contribution >= 0.6 is 23.1 Å². The van der Waals surface area contributed by atoms with E-state index in [1.165, 1.54) is 18.9 Å². The third kappa shape index (κ3) is 4.26. The molecule has 0 aliphatic heterocycles. The van der Waals surface area contributed by atoms with Crippen LogP contribution in [0.4, 0.5) is 5.13 Å². The second kappa shape index (κ2) is 8.57. The Kier molecular flexibility index (Phi) is 6.15. The van der Waals surface area contributed by atoms with Crippen molar-refractivity contribution in [3.63, 3.8) is 0 Å². The molecule has 1 N–H and O–H groups in total. The fraction of sp³-hybridized carbons (Fsp3) is 0.263. The molecule has 2 aromatic heterocycles. The van der Waals surface area contributed by atoms with Crippen LogP contribution in [0.2, 0.25) is 0 Å². The molecule has 0 aliphatic carbocycles. The van der Waals surface area contributed by atoms with Gasteiger partial charge in [0.1, 0.15) is 16.1 Å². The minimum Gasteiger partial charge on any atom is -0.494 e. The first-order valence-corrected chi connectivity index (χ1v) is 10.2. The Labute approximate surface area is 170 Å². The molecule has 2 heterocycles. The summed E-state index contributed by atoms with van der Waals surface area (Å²) in [4.78, 5) is 33.1. The Morgan fingerprint density at radius 3 is 2.71 bits per heavy atom. The number of hydrogen-bond acceptors (Lipinski definition) is 8. The molecule has 9 heteroatoms. The fourth-order valence-electron chi connectivity index (χ4n) is 2.63. The number of aromatic nitrogens is 2. The summed E-state index contributed by atoms with van der Waals surface area (Å²) >= 11 is 2.42. The van der Waals surface area contributed by atoms with Crippen molar-refractivity contribution in [2.24, 2.45) is 0 Å². The van der Waals surface area contributed by atoms with Gasteiger partial charge in [0, 0.05) is 5.39 Å². The van der Waals surface area contributed by atoms with Crippen LogP contribution in [0.5, 0.6) is 5.75 Å². The lowest BCUT2D eigenvalue weighted by molar-refractivity contribution is -0.113. The van der Waals surface area contributed by atoms with Crippen molar-refractivity contribution in [1.29, 1.82) is 0 Å². The van der Waals surface area contributed by atoms with Gasteiger partial charge in [0.25, 0.3) is 0 Å². The average molecular weight is 418 g/mol. The molecule has 1 amide bonds. The molecule has 0 unspecified atom stereocenters. The molecule has 0 bridgehead atoms. The van der Waals surface area contributed by atoms with E-state index < -0.39 is 5.97 Å². The third-order valence-electron chi connectivity index (χ3n) is 3.97. The summed E-state index contributed by atoms with van der Waals surface area (Å²) < 4.78 is 10.1. The smallest absolute Gasteiger partial charge is 0.350 e. The molecule has 0 atom stereocenters. The molecule has 0 spiro atoms. The number of thioether (sulfide) groups is 1. The molecule has 0 radical (unpaired) electrons. The molecule has 0 saturated carbocycles. The summed E-state index contributed by atoms with van der Waals surface area (Å²) in [5.74, 6) is 0.171. The number of rotatable bonds is 6. The SMILES string of the molecule is COC(=O)c1sc(NC(=O)CSc2cc(C)c3cccc(OC)c3n2)nc1C. The van der Waals surface area contributed by atoms with Crippen LogP contribution in [0.3, 0.4) is 0 Å². The first-order valence-electron chi connectivity index (χ1n) is 8.35. The molecule has 3 aromatic rings. The minimum absolute atomic E-state index is 0.166. The number of carbonyl (C=O) groups is 2. The van der Waals surface area contributed by atoms with Gasteiger partial charge in [0.2, 0.25) is 5.91 Å². The normalized spacial score (nSPS) is 10.7. The Morgan fingerprint density at radius 1 is 1.21 bits per heavy atom. The zero-order chi connectivity index (χ0) is 20.3. The number of thiazole rings is 1. The van der Waals surface area contributed by atoms with Gasteiger partial charge in [-0.25, -0.2) is 14.8 Å². The second-order valence-corrected chi connectivity index (χ2v) is 7.89. The summed E-state index contributed by atoms with van der Waals surface area (Å²) in [5.41, 5.74) is 2.36. The predicted molar refractivity (Wildman–Crippen MR) is 111 cm³/mol. The quantitative estimate of drug-likeness (QED) is 0.481. The fourth-order valence-corrected chi connectivity index (χ4v) is 4.29. The van der Waals surface area contributed by atoms with E-state index in [2.05, 4.69) is 15.3 Å². The molecule has 0 saturated heterocycles. The van der Waals surface area contributed by atoms with Crippen molar-refractivity contribution in [3.05, 3.63) is 40.4 Å². The first-order chi connectivity index (χ1) is 13.4. The van der Waals surface area contributed by atoms with Gasteiger partial charge in [0.15, 0.2) is 5.13 Å². The molecule has 146 valence electrons. The lowest BCUT2D eigenvalue weighted by atomic mass is 10.1. The van der Waals surface area contributed by atoms with Gasteiger partial charge in [-0.3, -0.25) is 4.79 Å². The summed E-state index contributed by atoms with van der Waals surface area (Å²) in [6.07, 6.45) is 0. The van der Waals surface area contributed by atoms with Gasteiger partial charge < -0.3 is 14.8 Å². The highest BCUT2D eigenvalue weighted by Gasteiger charge is 2.17. The Morgan fingerprint density at radius 2 is 2.00 bits per heavy atom. The maximum atomic E-state index is 12.3. The topological polar surface area (TPSA) is 90.4 Å². The number of fused-ring (bicyclic) bond motifs is 1. The van der Waals surface area contributed by atoms with Crippen molar-refractivity contribution in [3.8, 4) is 5.75 Å².